The maximum Gasteiger partial charge on any atom is 0.0540 e. The molecule has 0 bridgehead atoms. The molecule has 0 rings (SSSR count). The van der Waals surface area contributed by atoms with Crippen molar-refractivity contribution in [2.75, 3.05) is 6.54 Å². The summed E-state index contributed by atoms with van der Waals surface area (Å²) in [5.41, 5.74) is 6.64. The molecular weight excluding hydrogens is 216 g/mol. The minimum absolute atomic E-state index is 0.870. The lowest BCUT2D eigenvalue weighted by Gasteiger charge is -1.98. The summed E-state index contributed by atoms with van der Waals surface area (Å²) in [4.78, 5) is 4.18. The number of nitrogens with zero attached hydrogens (tertiary/aromatic N) is 1. The first-order valence-electron chi connectivity index (χ1n) is 4.36. The van der Waals surface area contributed by atoms with E-state index in [1.807, 2.05) is 0 Å². The lowest BCUT2D eigenvalue weighted by molar-refractivity contribution is 0.892. The normalized spacial score (nSPS) is 13.6. The van der Waals surface area contributed by atoms with Gasteiger partial charge in [-0.1, -0.05) is 20.3 Å². The third kappa shape index (κ3) is 5.35. The monoisotopic (exact) mass is 232 g/mol. The Kier molecular flexibility index (Phi) is 7.16. The SMILES string of the molecule is CCCN=CC(Br)=C(N)CCC. The van der Waals surface area contributed by atoms with E-state index in [2.05, 4.69) is 34.8 Å². The standard InChI is InChI=1S/C9H17BrN2/c1-3-5-9(11)8(10)7-12-6-4-2/h7H,3-6,11H2,1-2H3. The van der Waals surface area contributed by atoms with E-state index in [4.69, 9.17) is 5.73 Å². The number of hydrogen-bond donors (Lipinski definition) is 1. The van der Waals surface area contributed by atoms with Crippen molar-refractivity contribution in [1.29, 1.82) is 0 Å². The average molecular weight is 233 g/mol. The van der Waals surface area contributed by atoms with Crippen LogP contribution in [0.25, 0.3) is 0 Å². The van der Waals surface area contributed by atoms with E-state index in [1.54, 1.807) is 6.21 Å². The summed E-state index contributed by atoms with van der Waals surface area (Å²) < 4.78 is 0.929. The van der Waals surface area contributed by atoms with E-state index >= 15 is 0 Å². The second kappa shape index (κ2) is 7.35. The molecule has 0 aromatic carbocycles. The average Bonchev–Trinajstić information content (AvgIpc) is 2.05. The van der Waals surface area contributed by atoms with Crippen LogP contribution in [-0.4, -0.2) is 12.8 Å². The van der Waals surface area contributed by atoms with Crippen molar-refractivity contribution >= 4 is 22.1 Å². The van der Waals surface area contributed by atoms with E-state index in [9.17, 15) is 0 Å². The van der Waals surface area contributed by atoms with Crippen LogP contribution in [0.2, 0.25) is 0 Å². The van der Waals surface area contributed by atoms with Gasteiger partial charge >= 0.3 is 0 Å². The Morgan fingerprint density at radius 2 is 2.08 bits per heavy atom. The van der Waals surface area contributed by atoms with E-state index < -0.39 is 0 Å². The van der Waals surface area contributed by atoms with Gasteiger partial charge in [0, 0.05) is 18.5 Å². The molecule has 0 radical (unpaired) electrons. The first-order valence-corrected chi connectivity index (χ1v) is 5.15. The van der Waals surface area contributed by atoms with Gasteiger partial charge in [0.1, 0.15) is 0 Å². The Morgan fingerprint density at radius 3 is 2.58 bits per heavy atom. The van der Waals surface area contributed by atoms with Gasteiger partial charge in [0.05, 0.1) is 4.48 Å². The molecule has 0 saturated carbocycles. The predicted octanol–water partition coefficient (Wildman–Crippen LogP) is 2.83. The second-order valence-electron chi connectivity index (χ2n) is 2.66. The number of nitrogens with two attached hydrogens (primary N) is 1. The molecule has 2 N–H and O–H groups in total. The number of allylic oxidation sites excluding steroid dienone is 2. The molecule has 0 saturated heterocycles. The molecule has 70 valence electrons. The molecule has 0 aliphatic rings. The Labute approximate surface area is 83.1 Å². The molecule has 0 heterocycles. The summed E-state index contributed by atoms with van der Waals surface area (Å²) in [6, 6.07) is 0. The molecular formula is C9H17BrN2. The molecule has 0 spiro atoms. The second-order valence-corrected chi connectivity index (χ2v) is 3.51. The van der Waals surface area contributed by atoms with E-state index in [1.165, 1.54) is 0 Å². The lowest BCUT2D eigenvalue weighted by atomic mass is 10.2. The Hall–Kier alpha value is -0.310. The Bertz CT molecular complexity index is 173. The Balaban J connectivity index is 3.97. The largest absolute Gasteiger partial charge is 0.401 e. The van der Waals surface area contributed by atoms with Crippen molar-refractivity contribution in [3.05, 3.63) is 10.2 Å². The minimum Gasteiger partial charge on any atom is -0.401 e. The van der Waals surface area contributed by atoms with Gasteiger partial charge in [-0.25, -0.2) is 0 Å². The lowest BCUT2D eigenvalue weighted by Crippen LogP contribution is -1.99. The maximum atomic E-state index is 5.75. The fourth-order valence-corrected chi connectivity index (χ4v) is 1.09. The molecule has 12 heavy (non-hydrogen) atoms. The maximum absolute atomic E-state index is 5.75. The van der Waals surface area contributed by atoms with Crippen molar-refractivity contribution in [3.63, 3.8) is 0 Å². The van der Waals surface area contributed by atoms with Gasteiger partial charge in [-0.2, -0.15) is 0 Å². The van der Waals surface area contributed by atoms with Crippen LogP contribution in [0, 0.1) is 0 Å². The number of halogens is 1. The quantitative estimate of drug-likeness (QED) is 0.728. The number of aliphatic imine (C=N–C) groups is 1. The smallest absolute Gasteiger partial charge is 0.0540 e. The van der Waals surface area contributed by atoms with Crippen molar-refractivity contribution in [3.8, 4) is 0 Å². The topological polar surface area (TPSA) is 38.4 Å². The summed E-state index contributed by atoms with van der Waals surface area (Å²) in [5.74, 6) is 0. The Morgan fingerprint density at radius 1 is 1.42 bits per heavy atom. The fourth-order valence-electron chi connectivity index (χ4n) is 0.745. The molecule has 0 aliphatic carbocycles. The first kappa shape index (κ1) is 11.7. The number of hydrogen-bond acceptors (Lipinski definition) is 2. The van der Waals surface area contributed by atoms with Gasteiger partial charge in [0.2, 0.25) is 0 Å². The van der Waals surface area contributed by atoms with Gasteiger partial charge in [-0.05, 0) is 28.8 Å². The fraction of sp³-hybridized carbons (Fsp3) is 0.667. The molecule has 0 aromatic rings. The number of rotatable bonds is 5. The molecule has 0 aliphatic heterocycles. The zero-order valence-electron chi connectivity index (χ0n) is 7.81. The third-order valence-electron chi connectivity index (χ3n) is 1.38. The summed E-state index contributed by atoms with van der Waals surface area (Å²) >= 11 is 3.38. The van der Waals surface area contributed by atoms with Gasteiger partial charge in [-0.3, -0.25) is 4.99 Å². The summed E-state index contributed by atoms with van der Waals surface area (Å²) in [7, 11) is 0. The van der Waals surface area contributed by atoms with E-state index in [0.717, 1.165) is 36.0 Å². The van der Waals surface area contributed by atoms with Gasteiger partial charge in [0.15, 0.2) is 0 Å². The molecule has 3 heteroatoms. The van der Waals surface area contributed by atoms with Crippen LogP contribution in [-0.2, 0) is 0 Å². The van der Waals surface area contributed by atoms with Crippen LogP contribution < -0.4 is 5.73 Å². The van der Waals surface area contributed by atoms with Gasteiger partial charge in [0.25, 0.3) is 0 Å². The molecule has 0 fully saturated rings. The third-order valence-corrected chi connectivity index (χ3v) is 2.10. The molecule has 0 unspecified atom stereocenters. The highest BCUT2D eigenvalue weighted by atomic mass is 79.9. The van der Waals surface area contributed by atoms with E-state index in [-0.39, 0.29) is 0 Å². The van der Waals surface area contributed by atoms with Crippen molar-refractivity contribution < 1.29 is 0 Å². The van der Waals surface area contributed by atoms with Gasteiger partial charge in [-0.15, -0.1) is 0 Å². The van der Waals surface area contributed by atoms with Crippen LogP contribution in [0.15, 0.2) is 15.2 Å². The minimum atomic E-state index is 0.870. The summed E-state index contributed by atoms with van der Waals surface area (Å²) in [6.07, 6.45) is 4.88. The van der Waals surface area contributed by atoms with Crippen LogP contribution in [0.1, 0.15) is 33.1 Å². The highest BCUT2D eigenvalue weighted by molar-refractivity contribution is 9.12. The van der Waals surface area contributed by atoms with Gasteiger partial charge < -0.3 is 5.73 Å². The highest BCUT2D eigenvalue weighted by Crippen LogP contribution is 2.09. The zero-order chi connectivity index (χ0) is 9.40. The van der Waals surface area contributed by atoms with Crippen molar-refractivity contribution in [1.82, 2.24) is 0 Å². The first-order chi connectivity index (χ1) is 5.72. The van der Waals surface area contributed by atoms with Crippen LogP contribution in [0.3, 0.4) is 0 Å². The van der Waals surface area contributed by atoms with Crippen molar-refractivity contribution in [2.24, 2.45) is 10.7 Å². The summed E-state index contributed by atoms with van der Waals surface area (Å²) in [6.45, 7) is 5.08. The molecule has 0 atom stereocenters. The van der Waals surface area contributed by atoms with Crippen LogP contribution >= 0.6 is 15.9 Å². The molecule has 0 aromatic heterocycles. The van der Waals surface area contributed by atoms with E-state index in [0.29, 0.717) is 0 Å². The molecule has 2 nitrogen and oxygen atoms in total. The predicted molar refractivity (Wildman–Crippen MR) is 58.7 cm³/mol. The zero-order valence-corrected chi connectivity index (χ0v) is 9.39. The molecule has 0 amide bonds. The van der Waals surface area contributed by atoms with Crippen LogP contribution in [0.4, 0.5) is 0 Å². The van der Waals surface area contributed by atoms with Crippen LogP contribution in [0.5, 0.6) is 0 Å². The summed E-state index contributed by atoms with van der Waals surface area (Å²) in [5, 5.41) is 0. The van der Waals surface area contributed by atoms with Crippen molar-refractivity contribution in [2.45, 2.75) is 33.1 Å². The highest BCUT2D eigenvalue weighted by Gasteiger charge is 1.94.